The van der Waals surface area contributed by atoms with Crippen molar-refractivity contribution in [2.75, 3.05) is 23.3 Å². The molecule has 1 saturated heterocycles. The van der Waals surface area contributed by atoms with Crippen molar-refractivity contribution in [3.63, 3.8) is 0 Å². The zero-order valence-electron chi connectivity index (χ0n) is 11.3. The number of hydrogen-bond donors (Lipinski definition) is 2. The predicted molar refractivity (Wildman–Crippen MR) is 73.4 cm³/mol. The maximum absolute atomic E-state index is 10.8. The van der Waals surface area contributed by atoms with E-state index in [0.717, 1.165) is 18.9 Å². The van der Waals surface area contributed by atoms with E-state index in [1.807, 2.05) is 6.07 Å². The van der Waals surface area contributed by atoms with Crippen LogP contribution in [0, 0.1) is 5.92 Å². The highest BCUT2D eigenvalue weighted by atomic mass is 16.4. The Bertz CT molecular complexity index is 452. The lowest BCUT2D eigenvalue weighted by molar-refractivity contribution is -0.137. The van der Waals surface area contributed by atoms with E-state index in [0.29, 0.717) is 11.7 Å². The van der Waals surface area contributed by atoms with Gasteiger partial charge in [-0.2, -0.15) is 0 Å². The van der Waals surface area contributed by atoms with Crippen LogP contribution in [0.2, 0.25) is 0 Å². The van der Waals surface area contributed by atoms with Crippen molar-refractivity contribution >= 4 is 17.6 Å². The van der Waals surface area contributed by atoms with Gasteiger partial charge in [0, 0.05) is 19.2 Å². The Morgan fingerprint density at radius 3 is 3.05 bits per heavy atom. The first-order valence-corrected chi connectivity index (χ1v) is 6.62. The van der Waals surface area contributed by atoms with Crippen molar-refractivity contribution in [3.05, 3.63) is 12.4 Å². The van der Waals surface area contributed by atoms with Crippen molar-refractivity contribution in [1.82, 2.24) is 9.97 Å². The van der Waals surface area contributed by atoms with Crippen LogP contribution < -0.4 is 10.2 Å². The number of carboxylic acid groups (broad SMARTS) is 1. The molecule has 104 valence electrons. The topological polar surface area (TPSA) is 78.4 Å². The van der Waals surface area contributed by atoms with E-state index >= 15 is 0 Å². The molecular formula is C13H20N4O2. The molecule has 1 unspecified atom stereocenters. The molecule has 0 spiro atoms. The fourth-order valence-electron chi connectivity index (χ4n) is 2.28. The number of piperidine rings is 1. The van der Waals surface area contributed by atoms with Crippen LogP contribution in [0.25, 0.3) is 0 Å². The minimum atomic E-state index is -0.897. The lowest BCUT2D eigenvalue weighted by Crippen LogP contribution is -2.35. The first-order chi connectivity index (χ1) is 9.06. The highest BCUT2D eigenvalue weighted by molar-refractivity contribution is 5.76. The predicted octanol–water partition coefficient (Wildman–Crippen LogP) is 1.60. The van der Waals surface area contributed by atoms with Gasteiger partial charge in [0.1, 0.15) is 24.0 Å². The van der Waals surface area contributed by atoms with E-state index in [4.69, 9.17) is 5.11 Å². The van der Waals surface area contributed by atoms with Crippen molar-refractivity contribution in [2.45, 2.75) is 32.7 Å². The Kier molecular flexibility index (Phi) is 4.19. The summed E-state index contributed by atoms with van der Waals surface area (Å²) >= 11 is 0. The lowest BCUT2D eigenvalue weighted by atomic mass is 10.0. The van der Waals surface area contributed by atoms with Crippen molar-refractivity contribution in [2.24, 2.45) is 5.92 Å². The van der Waals surface area contributed by atoms with Gasteiger partial charge in [0.2, 0.25) is 0 Å². The van der Waals surface area contributed by atoms with Crippen LogP contribution in [0.4, 0.5) is 11.6 Å². The molecule has 6 heteroatoms. The number of aromatic nitrogens is 2. The maximum atomic E-state index is 10.8. The summed E-state index contributed by atoms with van der Waals surface area (Å²) < 4.78 is 0. The molecule has 0 amide bonds. The molecule has 1 aliphatic rings. The standard InChI is InChI=1S/C13H20N4O2/c1-9-4-3-5-17(7-9)12-6-11(14-8-15-12)16-10(2)13(18)19/h6,8-10H,3-5,7H2,1-2H3,(H,18,19)(H,14,15,16)/t9?,10-/m1/s1. The first kappa shape index (κ1) is 13.6. The summed E-state index contributed by atoms with van der Waals surface area (Å²) in [6.07, 6.45) is 3.90. The fraction of sp³-hybridized carbons (Fsp3) is 0.615. The van der Waals surface area contributed by atoms with Gasteiger partial charge in [-0.1, -0.05) is 6.92 Å². The summed E-state index contributed by atoms with van der Waals surface area (Å²) in [5, 5.41) is 11.7. The van der Waals surface area contributed by atoms with Gasteiger partial charge >= 0.3 is 5.97 Å². The third-order valence-electron chi connectivity index (χ3n) is 3.37. The molecule has 2 N–H and O–H groups in total. The molecule has 2 atom stereocenters. The average molecular weight is 264 g/mol. The number of nitrogens with one attached hydrogen (secondary N) is 1. The van der Waals surface area contributed by atoms with Gasteiger partial charge in [-0.15, -0.1) is 0 Å². The second kappa shape index (κ2) is 5.86. The molecular weight excluding hydrogens is 244 g/mol. The summed E-state index contributed by atoms with van der Waals surface area (Å²) in [6.45, 7) is 5.81. The van der Waals surface area contributed by atoms with Crippen LogP contribution in [0.3, 0.4) is 0 Å². The minimum absolute atomic E-state index is 0.554. The lowest BCUT2D eigenvalue weighted by Gasteiger charge is -2.31. The Morgan fingerprint density at radius 1 is 1.58 bits per heavy atom. The molecule has 2 heterocycles. The fourth-order valence-corrected chi connectivity index (χ4v) is 2.28. The smallest absolute Gasteiger partial charge is 0.325 e. The first-order valence-electron chi connectivity index (χ1n) is 6.62. The SMILES string of the molecule is CC1CCCN(c2cc(N[C@H](C)C(=O)O)ncn2)C1. The normalized spacial score (nSPS) is 20.9. The van der Waals surface area contributed by atoms with Crippen LogP contribution in [-0.2, 0) is 4.79 Å². The van der Waals surface area contributed by atoms with Crippen LogP contribution >= 0.6 is 0 Å². The molecule has 0 saturated carbocycles. The van der Waals surface area contributed by atoms with Crippen LogP contribution in [0.15, 0.2) is 12.4 Å². The second-order valence-electron chi connectivity index (χ2n) is 5.16. The minimum Gasteiger partial charge on any atom is -0.480 e. The van der Waals surface area contributed by atoms with Gasteiger partial charge in [-0.25, -0.2) is 9.97 Å². The number of aliphatic carboxylic acids is 1. The molecule has 6 nitrogen and oxygen atoms in total. The number of carbonyl (C=O) groups is 1. The van der Waals surface area contributed by atoms with E-state index in [-0.39, 0.29) is 0 Å². The number of carboxylic acids is 1. The Balaban J connectivity index is 2.08. The second-order valence-corrected chi connectivity index (χ2v) is 5.16. The molecule has 0 radical (unpaired) electrons. The highest BCUT2D eigenvalue weighted by Crippen LogP contribution is 2.22. The zero-order chi connectivity index (χ0) is 13.8. The largest absolute Gasteiger partial charge is 0.480 e. The van der Waals surface area contributed by atoms with Gasteiger partial charge in [0.25, 0.3) is 0 Å². The van der Waals surface area contributed by atoms with Gasteiger partial charge in [0.05, 0.1) is 0 Å². The number of nitrogens with zero attached hydrogens (tertiary/aromatic N) is 3. The van der Waals surface area contributed by atoms with Crippen molar-refractivity contribution in [1.29, 1.82) is 0 Å². The third kappa shape index (κ3) is 3.56. The molecule has 0 aromatic carbocycles. The maximum Gasteiger partial charge on any atom is 0.325 e. The van der Waals surface area contributed by atoms with E-state index < -0.39 is 12.0 Å². The van der Waals surface area contributed by atoms with Gasteiger partial charge < -0.3 is 15.3 Å². The number of anilines is 2. The summed E-state index contributed by atoms with van der Waals surface area (Å²) in [7, 11) is 0. The molecule has 1 aromatic rings. The number of rotatable bonds is 4. The summed E-state index contributed by atoms with van der Waals surface area (Å²) in [5.74, 6) is 1.18. The summed E-state index contributed by atoms with van der Waals surface area (Å²) in [6, 6.07) is 1.15. The average Bonchev–Trinajstić information content (AvgIpc) is 2.39. The Morgan fingerprint density at radius 2 is 2.37 bits per heavy atom. The van der Waals surface area contributed by atoms with Crippen LogP contribution in [0.1, 0.15) is 26.7 Å². The van der Waals surface area contributed by atoms with Crippen molar-refractivity contribution < 1.29 is 9.90 Å². The van der Waals surface area contributed by atoms with E-state index in [1.54, 1.807) is 6.92 Å². The molecule has 2 rings (SSSR count). The molecule has 19 heavy (non-hydrogen) atoms. The van der Waals surface area contributed by atoms with Crippen molar-refractivity contribution in [3.8, 4) is 0 Å². The Hall–Kier alpha value is -1.85. The van der Waals surface area contributed by atoms with Gasteiger partial charge in [-0.05, 0) is 25.7 Å². The van der Waals surface area contributed by atoms with E-state index in [1.165, 1.54) is 19.2 Å². The summed E-state index contributed by atoms with van der Waals surface area (Å²) in [4.78, 5) is 21.4. The van der Waals surface area contributed by atoms with Gasteiger partial charge in [0.15, 0.2) is 0 Å². The summed E-state index contributed by atoms with van der Waals surface area (Å²) in [5.41, 5.74) is 0. The van der Waals surface area contributed by atoms with E-state index in [2.05, 4.69) is 27.1 Å². The van der Waals surface area contributed by atoms with E-state index in [9.17, 15) is 4.79 Å². The quantitative estimate of drug-likeness (QED) is 0.860. The van der Waals surface area contributed by atoms with Crippen LogP contribution in [-0.4, -0.2) is 40.2 Å². The third-order valence-corrected chi connectivity index (χ3v) is 3.37. The Labute approximate surface area is 112 Å². The highest BCUT2D eigenvalue weighted by Gasteiger charge is 2.18. The molecule has 0 aliphatic carbocycles. The molecule has 1 aromatic heterocycles. The monoisotopic (exact) mass is 264 g/mol. The van der Waals surface area contributed by atoms with Crippen LogP contribution in [0.5, 0.6) is 0 Å². The van der Waals surface area contributed by atoms with Gasteiger partial charge in [-0.3, -0.25) is 4.79 Å². The molecule has 1 aliphatic heterocycles. The molecule has 0 bridgehead atoms. The molecule has 1 fully saturated rings. The zero-order valence-corrected chi connectivity index (χ0v) is 11.3. The number of hydrogen-bond acceptors (Lipinski definition) is 5.